The van der Waals surface area contributed by atoms with Crippen molar-refractivity contribution in [2.24, 2.45) is 11.7 Å². The van der Waals surface area contributed by atoms with Crippen molar-refractivity contribution in [2.75, 3.05) is 23.7 Å². The molecular weight excluding hydrogens is 300 g/mol. The van der Waals surface area contributed by atoms with Gasteiger partial charge in [0.15, 0.2) is 9.84 Å². The minimum absolute atomic E-state index is 0.116. The molecule has 1 aliphatic rings. The van der Waals surface area contributed by atoms with E-state index in [1.54, 1.807) is 19.1 Å². The van der Waals surface area contributed by atoms with E-state index in [2.05, 4.69) is 4.90 Å². The van der Waals surface area contributed by atoms with Crippen molar-refractivity contribution >= 4 is 21.4 Å². The predicted molar refractivity (Wildman–Crippen MR) is 87.5 cm³/mol. The van der Waals surface area contributed by atoms with Crippen LogP contribution < -0.4 is 10.6 Å². The third kappa shape index (κ3) is 4.22. The summed E-state index contributed by atoms with van der Waals surface area (Å²) in [6, 6.07) is 7.11. The van der Waals surface area contributed by atoms with Crippen LogP contribution in [-0.2, 0) is 14.6 Å². The summed E-state index contributed by atoms with van der Waals surface area (Å²) in [6.45, 7) is 3.51. The van der Waals surface area contributed by atoms with Gasteiger partial charge in [0.1, 0.15) is 0 Å². The fourth-order valence-electron chi connectivity index (χ4n) is 2.91. The normalized spacial score (nSPS) is 19.1. The molecule has 1 aromatic rings. The van der Waals surface area contributed by atoms with Crippen LogP contribution in [0.15, 0.2) is 29.2 Å². The number of nitrogens with zero attached hydrogens (tertiary/aromatic N) is 1. The topological polar surface area (TPSA) is 80.5 Å². The lowest BCUT2D eigenvalue weighted by molar-refractivity contribution is -0.118. The number of benzene rings is 1. The van der Waals surface area contributed by atoms with Gasteiger partial charge >= 0.3 is 0 Å². The van der Waals surface area contributed by atoms with Crippen molar-refractivity contribution in [1.82, 2.24) is 0 Å². The Morgan fingerprint density at radius 3 is 2.59 bits per heavy atom. The van der Waals surface area contributed by atoms with Gasteiger partial charge in [-0.1, -0.05) is 6.92 Å². The average Bonchev–Trinajstić information content (AvgIpc) is 2.53. The van der Waals surface area contributed by atoms with Crippen LogP contribution >= 0.6 is 0 Å². The number of amides is 1. The summed E-state index contributed by atoms with van der Waals surface area (Å²) in [7, 11) is -3.14. The summed E-state index contributed by atoms with van der Waals surface area (Å²) in [6.07, 6.45) is 3.46. The van der Waals surface area contributed by atoms with Gasteiger partial charge in [0.25, 0.3) is 0 Å². The SMILES string of the molecule is CCS(=O)(=O)c1ccc(N2CCC[C@H](CCC(N)=O)C2)cc1. The minimum atomic E-state index is -3.14. The molecule has 1 aliphatic heterocycles. The van der Waals surface area contributed by atoms with Crippen LogP contribution in [0.4, 0.5) is 5.69 Å². The molecule has 1 saturated heterocycles. The molecule has 122 valence electrons. The fraction of sp³-hybridized carbons (Fsp3) is 0.562. The van der Waals surface area contributed by atoms with Crippen molar-refractivity contribution in [3.8, 4) is 0 Å². The summed E-state index contributed by atoms with van der Waals surface area (Å²) in [5.41, 5.74) is 6.26. The molecule has 1 heterocycles. The van der Waals surface area contributed by atoms with Gasteiger partial charge in [-0.15, -0.1) is 0 Å². The second-order valence-corrected chi connectivity index (χ2v) is 8.13. The monoisotopic (exact) mass is 324 g/mol. The number of anilines is 1. The Kier molecular flexibility index (Phi) is 5.45. The van der Waals surface area contributed by atoms with Crippen molar-refractivity contribution < 1.29 is 13.2 Å². The van der Waals surface area contributed by atoms with Gasteiger partial charge in [-0.05, 0) is 49.4 Å². The Morgan fingerprint density at radius 2 is 2.00 bits per heavy atom. The van der Waals surface area contributed by atoms with Crippen molar-refractivity contribution in [2.45, 2.75) is 37.5 Å². The third-order valence-corrected chi connectivity index (χ3v) is 6.01. The molecular formula is C16H24N2O3S. The lowest BCUT2D eigenvalue weighted by Crippen LogP contribution is -2.35. The highest BCUT2D eigenvalue weighted by atomic mass is 32.2. The zero-order chi connectivity index (χ0) is 16.2. The highest BCUT2D eigenvalue weighted by molar-refractivity contribution is 7.91. The lowest BCUT2D eigenvalue weighted by Gasteiger charge is -2.34. The van der Waals surface area contributed by atoms with Crippen LogP contribution in [0.3, 0.4) is 0 Å². The average molecular weight is 324 g/mol. The molecule has 0 aromatic heterocycles. The van der Waals surface area contributed by atoms with E-state index in [0.29, 0.717) is 17.2 Å². The predicted octanol–water partition coefficient (Wildman–Crippen LogP) is 1.96. The fourth-order valence-corrected chi connectivity index (χ4v) is 3.80. The van der Waals surface area contributed by atoms with E-state index in [9.17, 15) is 13.2 Å². The Morgan fingerprint density at radius 1 is 1.32 bits per heavy atom. The van der Waals surface area contributed by atoms with Crippen molar-refractivity contribution in [3.05, 3.63) is 24.3 Å². The van der Waals surface area contributed by atoms with Crippen LogP contribution in [-0.4, -0.2) is 33.2 Å². The first-order valence-corrected chi connectivity index (χ1v) is 9.43. The zero-order valence-corrected chi connectivity index (χ0v) is 13.8. The molecule has 0 saturated carbocycles. The summed E-state index contributed by atoms with van der Waals surface area (Å²) in [4.78, 5) is 13.5. The molecule has 2 N–H and O–H groups in total. The molecule has 0 radical (unpaired) electrons. The van der Waals surface area contributed by atoms with Gasteiger partial charge in [-0.2, -0.15) is 0 Å². The first kappa shape index (κ1) is 16.8. The number of primary amides is 1. The maximum atomic E-state index is 11.8. The van der Waals surface area contributed by atoms with Crippen LogP contribution in [0.1, 0.15) is 32.6 Å². The molecule has 22 heavy (non-hydrogen) atoms. The molecule has 0 unspecified atom stereocenters. The Bertz CT molecular complexity index is 611. The van der Waals surface area contributed by atoms with E-state index < -0.39 is 9.84 Å². The molecule has 6 heteroatoms. The van der Waals surface area contributed by atoms with E-state index in [1.807, 2.05) is 12.1 Å². The van der Waals surface area contributed by atoms with E-state index in [0.717, 1.165) is 38.0 Å². The van der Waals surface area contributed by atoms with E-state index in [1.165, 1.54) is 0 Å². The van der Waals surface area contributed by atoms with Gasteiger partial charge in [0.05, 0.1) is 10.6 Å². The van der Waals surface area contributed by atoms with Crippen LogP contribution in [0.25, 0.3) is 0 Å². The number of nitrogens with two attached hydrogens (primary N) is 1. The number of hydrogen-bond acceptors (Lipinski definition) is 4. The van der Waals surface area contributed by atoms with E-state index in [4.69, 9.17) is 5.73 Å². The number of hydrogen-bond donors (Lipinski definition) is 1. The number of carbonyl (C=O) groups excluding carboxylic acids is 1. The minimum Gasteiger partial charge on any atom is -0.371 e. The van der Waals surface area contributed by atoms with E-state index >= 15 is 0 Å². The van der Waals surface area contributed by atoms with Gasteiger partial charge in [-0.3, -0.25) is 4.79 Å². The molecule has 1 amide bonds. The first-order chi connectivity index (χ1) is 10.4. The maximum Gasteiger partial charge on any atom is 0.217 e. The Balaban J connectivity index is 2.03. The highest BCUT2D eigenvalue weighted by Gasteiger charge is 2.21. The van der Waals surface area contributed by atoms with Gasteiger partial charge in [-0.25, -0.2) is 8.42 Å². The lowest BCUT2D eigenvalue weighted by atomic mass is 9.93. The van der Waals surface area contributed by atoms with Crippen molar-refractivity contribution in [3.63, 3.8) is 0 Å². The molecule has 0 aliphatic carbocycles. The molecule has 1 aromatic carbocycles. The second kappa shape index (κ2) is 7.13. The van der Waals surface area contributed by atoms with Crippen LogP contribution in [0.2, 0.25) is 0 Å². The largest absolute Gasteiger partial charge is 0.371 e. The summed E-state index contributed by atoms with van der Waals surface area (Å²) in [5.74, 6) is 0.345. The summed E-state index contributed by atoms with van der Waals surface area (Å²) < 4.78 is 23.7. The third-order valence-electron chi connectivity index (χ3n) is 4.26. The van der Waals surface area contributed by atoms with Gasteiger partial charge in [0, 0.05) is 25.2 Å². The Labute approximate surface area is 132 Å². The van der Waals surface area contributed by atoms with Crippen LogP contribution in [0.5, 0.6) is 0 Å². The standard InChI is InChI=1S/C16H24N2O3S/c1-2-22(20,21)15-8-6-14(7-9-15)18-11-3-4-13(12-18)5-10-16(17)19/h6-9,13H,2-5,10-12H2,1H3,(H2,17,19)/t13-/m1/s1. The Hall–Kier alpha value is -1.56. The number of carbonyl (C=O) groups is 1. The number of piperidine rings is 1. The number of rotatable bonds is 6. The zero-order valence-electron chi connectivity index (χ0n) is 13.0. The molecule has 0 spiro atoms. The summed E-state index contributed by atoms with van der Waals surface area (Å²) >= 11 is 0. The molecule has 0 bridgehead atoms. The summed E-state index contributed by atoms with van der Waals surface area (Å²) in [5, 5.41) is 0. The molecule has 1 atom stereocenters. The first-order valence-electron chi connectivity index (χ1n) is 7.78. The second-order valence-electron chi connectivity index (χ2n) is 5.86. The smallest absolute Gasteiger partial charge is 0.217 e. The number of sulfone groups is 1. The van der Waals surface area contributed by atoms with E-state index in [-0.39, 0.29) is 11.7 Å². The molecule has 1 fully saturated rings. The molecule has 2 rings (SSSR count). The van der Waals surface area contributed by atoms with Crippen molar-refractivity contribution in [1.29, 1.82) is 0 Å². The van der Waals surface area contributed by atoms with Gasteiger partial charge < -0.3 is 10.6 Å². The molecule has 5 nitrogen and oxygen atoms in total. The quantitative estimate of drug-likeness (QED) is 0.867. The highest BCUT2D eigenvalue weighted by Crippen LogP contribution is 2.26. The van der Waals surface area contributed by atoms with Gasteiger partial charge in [0.2, 0.25) is 5.91 Å². The maximum absolute atomic E-state index is 11.8. The van der Waals surface area contributed by atoms with Crippen LogP contribution in [0, 0.1) is 5.92 Å².